The first-order valence-corrected chi connectivity index (χ1v) is 6.84. The summed E-state index contributed by atoms with van der Waals surface area (Å²) in [5.41, 5.74) is 5.96. The fraction of sp³-hybridized carbons (Fsp3) is 0.182. The van der Waals surface area contributed by atoms with E-state index in [2.05, 4.69) is 9.88 Å². The van der Waals surface area contributed by atoms with Crippen molar-refractivity contribution < 1.29 is 17.3 Å². The number of aryl methyl sites for hydroxylation is 1. The summed E-state index contributed by atoms with van der Waals surface area (Å²) < 4.78 is 44.5. The summed E-state index contributed by atoms with van der Waals surface area (Å²) in [6.45, 7) is 1.58. The second-order valence-electron chi connectivity index (χ2n) is 3.92. The van der Waals surface area contributed by atoms with E-state index in [1.165, 1.54) is 12.1 Å². The summed E-state index contributed by atoms with van der Waals surface area (Å²) in [5.74, 6) is -0.572. The molecule has 1 aromatic heterocycles. The van der Waals surface area contributed by atoms with Gasteiger partial charge in [0, 0.05) is 6.07 Å². The Bertz CT molecular complexity index is 677. The second-order valence-corrected chi connectivity index (χ2v) is 5.62. The highest BCUT2D eigenvalue weighted by molar-refractivity contribution is 7.89. The van der Waals surface area contributed by atoms with Crippen LogP contribution in [0.1, 0.15) is 11.5 Å². The number of nitrogens with two attached hydrogens (primary N) is 1. The molecule has 2 aromatic rings. The summed E-state index contributed by atoms with van der Waals surface area (Å²) in [6.07, 6.45) is 0. The van der Waals surface area contributed by atoms with E-state index in [4.69, 9.17) is 10.3 Å². The highest BCUT2D eigenvalue weighted by Crippen LogP contribution is 2.21. The molecule has 102 valence electrons. The summed E-state index contributed by atoms with van der Waals surface area (Å²) in [7, 11) is -4.05. The standard InChI is InChI=1S/C11H12FN3O3S/c1-7-5-8(18-15-7)6-14-19(16,17)11-9(12)3-2-4-10(11)13/h2-5,14H,6,13H2,1H3. The highest BCUT2D eigenvalue weighted by atomic mass is 32.2. The molecule has 0 saturated heterocycles. The van der Waals surface area contributed by atoms with Crippen molar-refractivity contribution in [1.82, 2.24) is 9.88 Å². The molecule has 0 amide bonds. The van der Waals surface area contributed by atoms with Crippen molar-refractivity contribution in [1.29, 1.82) is 0 Å². The van der Waals surface area contributed by atoms with Crippen molar-refractivity contribution in [2.45, 2.75) is 18.4 Å². The average Bonchev–Trinajstić information content (AvgIpc) is 2.72. The molecule has 0 aliphatic heterocycles. The van der Waals surface area contributed by atoms with E-state index in [1.54, 1.807) is 13.0 Å². The minimum absolute atomic E-state index is 0.128. The van der Waals surface area contributed by atoms with Crippen LogP contribution in [-0.4, -0.2) is 13.6 Å². The van der Waals surface area contributed by atoms with Crippen molar-refractivity contribution in [3.8, 4) is 0 Å². The van der Waals surface area contributed by atoms with Crippen LogP contribution < -0.4 is 10.5 Å². The van der Waals surface area contributed by atoms with Gasteiger partial charge in [-0.3, -0.25) is 0 Å². The van der Waals surface area contributed by atoms with Gasteiger partial charge in [0.15, 0.2) is 5.76 Å². The van der Waals surface area contributed by atoms with Crippen LogP contribution in [0.4, 0.5) is 10.1 Å². The van der Waals surface area contributed by atoms with E-state index >= 15 is 0 Å². The molecular weight excluding hydrogens is 273 g/mol. The van der Waals surface area contributed by atoms with Gasteiger partial charge >= 0.3 is 0 Å². The number of benzene rings is 1. The molecule has 0 spiro atoms. The van der Waals surface area contributed by atoms with Crippen molar-refractivity contribution in [3.05, 3.63) is 41.5 Å². The molecule has 8 heteroatoms. The third-order valence-electron chi connectivity index (χ3n) is 2.38. The summed E-state index contributed by atoms with van der Waals surface area (Å²) >= 11 is 0. The van der Waals surface area contributed by atoms with E-state index in [-0.39, 0.29) is 12.2 Å². The molecule has 1 heterocycles. The minimum atomic E-state index is -4.05. The van der Waals surface area contributed by atoms with E-state index < -0.39 is 20.7 Å². The minimum Gasteiger partial charge on any atom is -0.398 e. The largest absolute Gasteiger partial charge is 0.398 e. The van der Waals surface area contributed by atoms with Gasteiger partial charge < -0.3 is 10.3 Å². The smallest absolute Gasteiger partial charge is 0.245 e. The number of anilines is 1. The zero-order chi connectivity index (χ0) is 14.0. The molecule has 0 unspecified atom stereocenters. The molecule has 3 N–H and O–H groups in total. The van der Waals surface area contributed by atoms with E-state index in [0.29, 0.717) is 11.5 Å². The number of rotatable bonds is 4. The molecule has 0 saturated carbocycles. The van der Waals surface area contributed by atoms with Crippen LogP contribution in [0.15, 0.2) is 33.7 Å². The lowest BCUT2D eigenvalue weighted by Crippen LogP contribution is -2.25. The van der Waals surface area contributed by atoms with Crippen molar-refractivity contribution >= 4 is 15.7 Å². The number of aromatic nitrogens is 1. The summed E-state index contributed by atoms with van der Waals surface area (Å²) in [6, 6.07) is 5.26. The van der Waals surface area contributed by atoms with Crippen LogP contribution in [0, 0.1) is 12.7 Å². The quantitative estimate of drug-likeness (QED) is 0.822. The zero-order valence-corrected chi connectivity index (χ0v) is 10.9. The van der Waals surface area contributed by atoms with Crippen molar-refractivity contribution in [3.63, 3.8) is 0 Å². The SMILES string of the molecule is Cc1cc(CNS(=O)(=O)c2c(N)cccc2F)on1. The van der Waals surface area contributed by atoms with Gasteiger partial charge in [0.25, 0.3) is 0 Å². The van der Waals surface area contributed by atoms with Crippen LogP contribution in [0.3, 0.4) is 0 Å². The Kier molecular flexibility index (Phi) is 3.54. The Labute approximate surface area is 109 Å². The molecule has 1 aromatic carbocycles. The number of halogens is 1. The molecule has 2 rings (SSSR count). The number of sulfonamides is 1. The Hall–Kier alpha value is -1.93. The Balaban J connectivity index is 2.23. The lowest BCUT2D eigenvalue weighted by atomic mass is 10.3. The van der Waals surface area contributed by atoms with E-state index in [0.717, 1.165) is 6.07 Å². The number of nitrogens with zero attached hydrogens (tertiary/aromatic N) is 1. The normalized spacial score (nSPS) is 11.7. The fourth-order valence-electron chi connectivity index (χ4n) is 1.55. The molecule has 0 radical (unpaired) electrons. The predicted octanol–water partition coefficient (Wildman–Crippen LogP) is 1.18. The fourth-order valence-corrected chi connectivity index (χ4v) is 2.73. The molecule has 0 atom stereocenters. The van der Waals surface area contributed by atoms with Crippen LogP contribution in [0.5, 0.6) is 0 Å². The molecule has 6 nitrogen and oxygen atoms in total. The lowest BCUT2D eigenvalue weighted by molar-refractivity contribution is 0.377. The zero-order valence-electron chi connectivity index (χ0n) is 10.1. The maximum absolute atomic E-state index is 13.5. The van der Waals surface area contributed by atoms with Gasteiger partial charge in [-0.05, 0) is 19.1 Å². The van der Waals surface area contributed by atoms with Gasteiger partial charge in [0.1, 0.15) is 10.7 Å². The van der Waals surface area contributed by atoms with Crippen molar-refractivity contribution in [2.24, 2.45) is 0 Å². The molecular formula is C11H12FN3O3S. The third-order valence-corrected chi connectivity index (χ3v) is 3.87. The molecule has 19 heavy (non-hydrogen) atoms. The third kappa shape index (κ3) is 2.91. The molecule has 0 aliphatic rings. The maximum Gasteiger partial charge on any atom is 0.245 e. The van der Waals surface area contributed by atoms with Crippen LogP contribution in [0.2, 0.25) is 0 Å². The van der Waals surface area contributed by atoms with Gasteiger partial charge in [0.2, 0.25) is 10.0 Å². The van der Waals surface area contributed by atoms with E-state index in [1.807, 2.05) is 0 Å². The molecule has 0 aliphatic carbocycles. The lowest BCUT2D eigenvalue weighted by Gasteiger charge is -2.08. The maximum atomic E-state index is 13.5. The van der Waals surface area contributed by atoms with Crippen LogP contribution in [0.25, 0.3) is 0 Å². The van der Waals surface area contributed by atoms with Crippen LogP contribution in [-0.2, 0) is 16.6 Å². The van der Waals surface area contributed by atoms with Gasteiger partial charge in [-0.1, -0.05) is 11.2 Å². The van der Waals surface area contributed by atoms with Gasteiger partial charge in [-0.15, -0.1) is 0 Å². The highest BCUT2D eigenvalue weighted by Gasteiger charge is 2.22. The first-order chi connectivity index (χ1) is 8.90. The van der Waals surface area contributed by atoms with Gasteiger partial charge in [-0.25, -0.2) is 17.5 Å². The van der Waals surface area contributed by atoms with Gasteiger partial charge in [-0.2, -0.15) is 0 Å². The number of hydrogen-bond acceptors (Lipinski definition) is 5. The summed E-state index contributed by atoms with van der Waals surface area (Å²) in [5, 5.41) is 3.62. The number of nitrogen functional groups attached to an aromatic ring is 1. The van der Waals surface area contributed by atoms with E-state index in [9.17, 15) is 12.8 Å². The predicted molar refractivity (Wildman–Crippen MR) is 66.1 cm³/mol. The summed E-state index contributed by atoms with van der Waals surface area (Å²) in [4.78, 5) is -0.564. The molecule has 0 fully saturated rings. The molecule has 0 bridgehead atoms. The Morgan fingerprint density at radius 3 is 2.79 bits per heavy atom. The first kappa shape index (κ1) is 13.5. The van der Waals surface area contributed by atoms with Crippen LogP contribution >= 0.6 is 0 Å². The second kappa shape index (κ2) is 4.98. The first-order valence-electron chi connectivity index (χ1n) is 5.36. The number of nitrogens with one attached hydrogen (secondary N) is 1. The van der Waals surface area contributed by atoms with Gasteiger partial charge in [0.05, 0.1) is 17.9 Å². The van der Waals surface area contributed by atoms with Crippen molar-refractivity contribution in [2.75, 3.05) is 5.73 Å². The average molecular weight is 285 g/mol. The number of hydrogen-bond donors (Lipinski definition) is 2. The Morgan fingerprint density at radius 1 is 1.47 bits per heavy atom. The Morgan fingerprint density at radius 2 is 2.21 bits per heavy atom. The topological polar surface area (TPSA) is 98.2 Å². The monoisotopic (exact) mass is 285 g/mol.